The van der Waals surface area contributed by atoms with E-state index in [4.69, 9.17) is 4.74 Å². The predicted molar refractivity (Wildman–Crippen MR) is 66.8 cm³/mol. The lowest BCUT2D eigenvalue weighted by Crippen LogP contribution is -2.35. The van der Waals surface area contributed by atoms with E-state index in [2.05, 4.69) is 34.2 Å². The van der Waals surface area contributed by atoms with Gasteiger partial charge in [-0.05, 0) is 20.0 Å². The largest absolute Gasteiger partial charge is 0.368 e. The Morgan fingerprint density at radius 2 is 2.53 bits per heavy atom. The summed E-state index contributed by atoms with van der Waals surface area (Å²) in [6.07, 6.45) is 3.14. The molecule has 0 saturated carbocycles. The molecule has 0 aliphatic carbocycles. The van der Waals surface area contributed by atoms with Gasteiger partial charge in [-0.3, -0.25) is 0 Å². The third kappa shape index (κ3) is 3.52. The molecule has 1 aliphatic heterocycles. The second-order valence-corrected chi connectivity index (χ2v) is 4.59. The van der Waals surface area contributed by atoms with Gasteiger partial charge in [0.05, 0.1) is 6.61 Å². The summed E-state index contributed by atoms with van der Waals surface area (Å²) in [5.41, 5.74) is 1.13. The number of nitrogens with zero attached hydrogens (tertiary/aromatic N) is 2. The van der Waals surface area contributed by atoms with Gasteiger partial charge in [-0.15, -0.1) is 0 Å². The molecule has 0 bridgehead atoms. The van der Waals surface area contributed by atoms with Gasteiger partial charge in [0, 0.05) is 31.5 Å². The van der Waals surface area contributed by atoms with Crippen LogP contribution in [-0.4, -0.2) is 48.2 Å². The Hall–Kier alpha value is -0.910. The molecule has 1 aromatic heterocycles. The maximum absolute atomic E-state index is 5.72. The van der Waals surface area contributed by atoms with Crippen LogP contribution in [0.15, 0.2) is 6.20 Å². The topological polar surface area (TPSA) is 53.2 Å². The number of aromatic nitrogens is 2. The van der Waals surface area contributed by atoms with Gasteiger partial charge in [-0.2, -0.15) is 0 Å². The Labute approximate surface area is 103 Å². The Balaban J connectivity index is 1.88. The highest BCUT2D eigenvalue weighted by molar-refractivity contribution is 5.04. The van der Waals surface area contributed by atoms with Crippen LogP contribution in [0, 0.1) is 0 Å². The first-order chi connectivity index (χ1) is 8.29. The van der Waals surface area contributed by atoms with Crippen LogP contribution in [0.2, 0.25) is 0 Å². The molecule has 96 valence electrons. The summed E-state index contributed by atoms with van der Waals surface area (Å²) in [6.45, 7) is 6.75. The number of nitrogens with one attached hydrogen (secondary N) is 2. The number of ether oxygens (including phenoxy) is 1. The summed E-state index contributed by atoms with van der Waals surface area (Å²) in [5.74, 6) is 0.949. The maximum atomic E-state index is 5.72. The van der Waals surface area contributed by atoms with Crippen molar-refractivity contribution in [3.05, 3.63) is 17.7 Å². The van der Waals surface area contributed by atoms with Crippen LogP contribution in [0.5, 0.6) is 0 Å². The van der Waals surface area contributed by atoms with Gasteiger partial charge in [0.15, 0.2) is 0 Å². The Bertz CT molecular complexity index is 339. The van der Waals surface area contributed by atoms with Gasteiger partial charge in [0.2, 0.25) is 0 Å². The summed E-state index contributed by atoms with van der Waals surface area (Å²) >= 11 is 0. The van der Waals surface area contributed by atoms with Crippen LogP contribution in [0.4, 0.5) is 0 Å². The number of H-pyrrole nitrogens is 1. The molecule has 0 amide bonds. The van der Waals surface area contributed by atoms with Crippen LogP contribution >= 0.6 is 0 Å². The average molecular weight is 238 g/mol. The average Bonchev–Trinajstić information content (AvgIpc) is 2.78. The van der Waals surface area contributed by atoms with Gasteiger partial charge < -0.3 is 19.9 Å². The van der Waals surface area contributed by atoms with Crippen LogP contribution < -0.4 is 5.32 Å². The fourth-order valence-electron chi connectivity index (χ4n) is 1.97. The Kier molecular flexibility index (Phi) is 4.53. The van der Waals surface area contributed by atoms with Gasteiger partial charge in [-0.1, -0.05) is 6.92 Å². The molecular formula is C12H22N4O. The Morgan fingerprint density at radius 3 is 3.29 bits per heavy atom. The molecule has 2 N–H and O–H groups in total. The van der Waals surface area contributed by atoms with Crippen LogP contribution in [0.1, 0.15) is 31.0 Å². The molecule has 1 aromatic rings. The van der Waals surface area contributed by atoms with Crippen molar-refractivity contribution < 1.29 is 4.74 Å². The molecule has 1 atom stereocenters. The van der Waals surface area contributed by atoms with E-state index in [0.717, 1.165) is 50.7 Å². The van der Waals surface area contributed by atoms with Crippen molar-refractivity contribution in [2.45, 2.75) is 26.0 Å². The summed E-state index contributed by atoms with van der Waals surface area (Å²) < 4.78 is 5.72. The standard InChI is InChI=1S/C12H22N4O/c1-3-4-13-7-10-8-14-12(15-10)11-9-16(2)5-6-17-11/h8,11,13H,3-7,9H2,1-2H3,(H,14,15). The Morgan fingerprint density at radius 1 is 1.65 bits per heavy atom. The van der Waals surface area contributed by atoms with E-state index in [-0.39, 0.29) is 6.10 Å². The van der Waals surface area contributed by atoms with E-state index in [9.17, 15) is 0 Å². The molecule has 2 rings (SSSR count). The molecule has 5 heteroatoms. The van der Waals surface area contributed by atoms with Gasteiger partial charge in [-0.25, -0.2) is 4.98 Å². The number of rotatable bonds is 5. The van der Waals surface area contributed by atoms with Crippen LogP contribution in [0.3, 0.4) is 0 Å². The summed E-state index contributed by atoms with van der Waals surface area (Å²) in [7, 11) is 2.11. The highest BCUT2D eigenvalue weighted by atomic mass is 16.5. The molecule has 1 saturated heterocycles. The maximum Gasteiger partial charge on any atom is 0.136 e. The number of hydrogen-bond donors (Lipinski definition) is 2. The molecule has 1 unspecified atom stereocenters. The zero-order chi connectivity index (χ0) is 12.1. The number of morpholine rings is 1. The minimum atomic E-state index is 0.0914. The third-order valence-electron chi connectivity index (χ3n) is 2.96. The molecule has 0 spiro atoms. The predicted octanol–water partition coefficient (Wildman–Crippen LogP) is 0.912. The van der Waals surface area contributed by atoms with E-state index in [0.29, 0.717) is 0 Å². The van der Waals surface area contributed by atoms with Gasteiger partial charge >= 0.3 is 0 Å². The van der Waals surface area contributed by atoms with Crippen molar-refractivity contribution in [1.82, 2.24) is 20.2 Å². The zero-order valence-corrected chi connectivity index (χ0v) is 10.7. The van der Waals surface area contributed by atoms with E-state index < -0.39 is 0 Å². The molecular weight excluding hydrogens is 216 g/mol. The minimum Gasteiger partial charge on any atom is -0.368 e. The van der Waals surface area contributed by atoms with Gasteiger partial charge in [0.1, 0.15) is 11.9 Å². The highest BCUT2D eigenvalue weighted by Crippen LogP contribution is 2.18. The second-order valence-electron chi connectivity index (χ2n) is 4.59. The SMILES string of the molecule is CCCNCc1cnc(C2CN(C)CCO2)[nH]1. The number of hydrogen-bond acceptors (Lipinski definition) is 4. The van der Waals surface area contributed by atoms with Crippen molar-refractivity contribution in [1.29, 1.82) is 0 Å². The summed E-state index contributed by atoms with van der Waals surface area (Å²) in [6, 6.07) is 0. The van der Waals surface area contributed by atoms with Crippen LogP contribution in [-0.2, 0) is 11.3 Å². The van der Waals surface area contributed by atoms with E-state index >= 15 is 0 Å². The van der Waals surface area contributed by atoms with Crippen molar-refractivity contribution in [3.63, 3.8) is 0 Å². The van der Waals surface area contributed by atoms with Crippen molar-refractivity contribution >= 4 is 0 Å². The molecule has 17 heavy (non-hydrogen) atoms. The van der Waals surface area contributed by atoms with Gasteiger partial charge in [0.25, 0.3) is 0 Å². The number of aromatic amines is 1. The lowest BCUT2D eigenvalue weighted by atomic mass is 10.3. The lowest BCUT2D eigenvalue weighted by Gasteiger charge is -2.28. The third-order valence-corrected chi connectivity index (χ3v) is 2.96. The van der Waals surface area contributed by atoms with E-state index in [1.807, 2.05) is 6.20 Å². The normalized spacial score (nSPS) is 21.9. The molecule has 1 aliphatic rings. The zero-order valence-electron chi connectivity index (χ0n) is 10.7. The quantitative estimate of drug-likeness (QED) is 0.749. The first-order valence-corrected chi connectivity index (χ1v) is 6.34. The van der Waals surface area contributed by atoms with Crippen molar-refractivity contribution in [3.8, 4) is 0 Å². The molecule has 1 fully saturated rings. The van der Waals surface area contributed by atoms with Crippen LogP contribution in [0.25, 0.3) is 0 Å². The van der Waals surface area contributed by atoms with E-state index in [1.165, 1.54) is 0 Å². The number of likely N-dealkylation sites (N-methyl/N-ethyl adjacent to an activating group) is 1. The smallest absolute Gasteiger partial charge is 0.136 e. The van der Waals surface area contributed by atoms with Crippen molar-refractivity contribution in [2.24, 2.45) is 0 Å². The molecule has 2 heterocycles. The second kappa shape index (κ2) is 6.14. The monoisotopic (exact) mass is 238 g/mol. The minimum absolute atomic E-state index is 0.0914. The molecule has 0 radical (unpaired) electrons. The van der Waals surface area contributed by atoms with Crippen molar-refractivity contribution in [2.75, 3.05) is 33.3 Å². The summed E-state index contributed by atoms with van der Waals surface area (Å²) in [5, 5.41) is 3.35. The molecule has 0 aromatic carbocycles. The molecule has 5 nitrogen and oxygen atoms in total. The van der Waals surface area contributed by atoms with E-state index in [1.54, 1.807) is 0 Å². The highest BCUT2D eigenvalue weighted by Gasteiger charge is 2.21. The number of imidazole rings is 1. The first-order valence-electron chi connectivity index (χ1n) is 6.34. The fourth-order valence-corrected chi connectivity index (χ4v) is 1.97. The summed E-state index contributed by atoms with van der Waals surface area (Å²) in [4.78, 5) is 10.0. The fraction of sp³-hybridized carbons (Fsp3) is 0.750. The first kappa shape index (κ1) is 12.5. The lowest BCUT2D eigenvalue weighted by molar-refractivity contribution is -0.0251.